The Labute approximate surface area is 103 Å². The summed E-state index contributed by atoms with van der Waals surface area (Å²) in [4.78, 5) is 31.1. The fraction of sp³-hybridized carbons (Fsp3) is 0.250. The third-order valence-corrected chi connectivity index (χ3v) is 2.29. The molecule has 0 aliphatic carbocycles. The van der Waals surface area contributed by atoms with Gasteiger partial charge in [-0.1, -0.05) is 12.1 Å². The molecule has 0 atom stereocenters. The molecule has 96 valence electrons. The molecule has 1 fully saturated rings. The van der Waals surface area contributed by atoms with Crippen molar-refractivity contribution in [3.05, 3.63) is 35.4 Å². The number of nitrogens with one attached hydrogen (secondary N) is 1. The van der Waals surface area contributed by atoms with Gasteiger partial charge in [0, 0.05) is 13.0 Å². The number of carbonyl (C=O) groups is 3. The summed E-state index contributed by atoms with van der Waals surface area (Å²) in [7, 11) is 0. The number of aromatic carboxylic acids is 2. The minimum atomic E-state index is -1.23. The maximum atomic E-state index is 10.5. The van der Waals surface area contributed by atoms with Crippen LogP contribution >= 0.6 is 0 Å². The molecule has 1 saturated heterocycles. The van der Waals surface area contributed by atoms with Crippen molar-refractivity contribution in [1.29, 1.82) is 0 Å². The predicted molar refractivity (Wildman–Crippen MR) is 62.6 cm³/mol. The molecule has 3 N–H and O–H groups in total. The molecule has 0 saturated carbocycles. The van der Waals surface area contributed by atoms with E-state index in [9.17, 15) is 14.4 Å². The van der Waals surface area contributed by atoms with Crippen LogP contribution in [0, 0.1) is 0 Å². The van der Waals surface area contributed by atoms with E-state index in [0.717, 1.165) is 19.4 Å². The highest BCUT2D eigenvalue weighted by Gasteiger charge is 2.13. The molecule has 0 unspecified atom stereocenters. The van der Waals surface area contributed by atoms with Gasteiger partial charge in [0.25, 0.3) is 0 Å². The van der Waals surface area contributed by atoms with E-state index in [2.05, 4.69) is 5.32 Å². The molecule has 18 heavy (non-hydrogen) atoms. The fourth-order valence-corrected chi connectivity index (χ4v) is 1.42. The fourth-order valence-electron chi connectivity index (χ4n) is 1.42. The Morgan fingerprint density at radius 2 is 1.56 bits per heavy atom. The van der Waals surface area contributed by atoms with Crippen LogP contribution in [0.3, 0.4) is 0 Å². The van der Waals surface area contributed by atoms with Crippen molar-refractivity contribution >= 4 is 17.8 Å². The third-order valence-electron chi connectivity index (χ3n) is 2.29. The SMILES string of the molecule is O=C(O)c1ccccc1C(=O)O.O=C1CCCN1. The smallest absolute Gasteiger partial charge is 0.336 e. The Morgan fingerprint density at radius 1 is 1.06 bits per heavy atom. The van der Waals surface area contributed by atoms with Crippen molar-refractivity contribution in [1.82, 2.24) is 5.32 Å². The van der Waals surface area contributed by atoms with Gasteiger partial charge in [-0.25, -0.2) is 9.59 Å². The average Bonchev–Trinajstić information content (AvgIpc) is 2.81. The number of hydrogen-bond donors (Lipinski definition) is 3. The van der Waals surface area contributed by atoms with Crippen molar-refractivity contribution in [2.24, 2.45) is 0 Å². The summed E-state index contributed by atoms with van der Waals surface area (Å²) in [5, 5.41) is 19.8. The van der Waals surface area contributed by atoms with Crippen LogP contribution in [0.25, 0.3) is 0 Å². The standard InChI is InChI=1S/C8H6O4.C4H7NO/c9-7(10)5-3-1-2-4-6(5)8(11)12;6-4-2-1-3-5-4/h1-4H,(H,9,10)(H,11,12);1-3H2,(H,5,6). The van der Waals surface area contributed by atoms with Gasteiger partial charge in [0.1, 0.15) is 0 Å². The maximum absolute atomic E-state index is 10.5. The van der Waals surface area contributed by atoms with Gasteiger partial charge in [-0.3, -0.25) is 4.79 Å². The van der Waals surface area contributed by atoms with Crippen molar-refractivity contribution in [2.75, 3.05) is 6.54 Å². The molecule has 0 bridgehead atoms. The summed E-state index contributed by atoms with van der Waals surface area (Å²) < 4.78 is 0. The highest BCUT2D eigenvalue weighted by Crippen LogP contribution is 2.07. The van der Waals surface area contributed by atoms with Crippen LogP contribution in [0.2, 0.25) is 0 Å². The second-order valence-corrected chi connectivity index (χ2v) is 3.61. The molecule has 6 nitrogen and oxygen atoms in total. The van der Waals surface area contributed by atoms with Crippen molar-refractivity contribution in [3.63, 3.8) is 0 Å². The Bertz CT molecular complexity index is 428. The lowest BCUT2D eigenvalue weighted by atomic mass is 10.1. The van der Waals surface area contributed by atoms with E-state index >= 15 is 0 Å². The van der Waals surface area contributed by atoms with Crippen molar-refractivity contribution in [2.45, 2.75) is 12.8 Å². The van der Waals surface area contributed by atoms with E-state index in [-0.39, 0.29) is 17.0 Å². The zero-order valence-corrected chi connectivity index (χ0v) is 9.55. The lowest BCUT2D eigenvalue weighted by molar-refractivity contribution is -0.119. The van der Waals surface area contributed by atoms with E-state index in [1.807, 2.05) is 0 Å². The summed E-state index contributed by atoms with van der Waals surface area (Å²) in [6.07, 6.45) is 1.76. The molecule has 0 spiro atoms. The highest BCUT2D eigenvalue weighted by molar-refractivity contribution is 6.01. The number of rotatable bonds is 2. The highest BCUT2D eigenvalue weighted by atomic mass is 16.4. The second-order valence-electron chi connectivity index (χ2n) is 3.61. The normalized spacial score (nSPS) is 13.2. The molecule has 1 aliphatic rings. The van der Waals surface area contributed by atoms with E-state index in [1.54, 1.807) is 0 Å². The van der Waals surface area contributed by atoms with Crippen LogP contribution in [0.15, 0.2) is 24.3 Å². The number of carbonyl (C=O) groups excluding carboxylic acids is 1. The van der Waals surface area contributed by atoms with Crippen LogP contribution in [0.4, 0.5) is 0 Å². The first-order chi connectivity index (χ1) is 8.52. The second kappa shape index (κ2) is 6.39. The Kier molecular flexibility index (Phi) is 4.86. The van der Waals surface area contributed by atoms with Gasteiger partial charge in [-0.05, 0) is 18.6 Å². The lowest BCUT2D eigenvalue weighted by Gasteiger charge is -1.98. The topological polar surface area (TPSA) is 104 Å². The van der Waals surface area contributed by atoms with Crippen LogP contribution in [0.5, 0.6) is 0 Å². The Hall–Kier alpha value is -2.37. The number of carboxylic acid groups (broad SMARTS) is 2. The summed E-state index contributed by atoms with van der Waals surface area (Å²) in [6.45, 7) is 0.888. The Balaban J connectivity index is 0.000000225. The molecule has 0 radical (unpaired) electrons. The van der Waals surface area contributed by atoms with Gasteiger partial charge < -0.3 is 15.5 Å². The average molecular weight is 251 g/mol. The zero-order valence-electron chi connectivity index (χ0n) is 9.55. The lowest BCUT2D eigenvalue weighted by Crippen LogP contribution is -2.12. The number of hydrogen-bond acceptors (Lipinski definition) is 3. The molecule has 1 heterocycles. The summed E-state index contributed by atoms with van der Waals surface area (Å²) in [5.74, 6) is -2.25. The van der Waals surface area contributed by atoms with Gasteiger partial charge in [0.05, 0.1) is 11.1 Å². The van der Waals surface area contributed by atoms with Gasteiger partial charge in [0.2, 0.25) is 5.91 Å². The molecule has 1 amide bonds. The summed E-state index contributed by atoms with van der Waals surface area (Å²) in [6, 6.07) is 5.48. The van der Waals surface area contributed by atoms with Crippen LogP contribution in [0.1, 0.15) is 33.6 Å². The predicted octanol–water partition coefficient (Wildman–Crippen LogP) is 0.979. The first-order valence-corrected chi connectivity index (χ1v) is 5.34. The zero-order chi connectivity index (χ0) is 13.5. The van der Waals surface area contributed by atoms with Crippen LogP contribution in [-0.4, -0.2) is 34.6 Å². The van der Waals surface area contributed by atoms with E-state index in [4.69, 9.17) is 10.2 Å². The first kappa shape index (κ1) is 13.7. The quantitative estimate of drug-likeness (QED) is 0.726. The van der Waals surface area contributed by atoms with E-state index in [1.165, 1.54) is 24.3 Å². The minimum Gasteiger partial charge on any atom is -0.478 e. The monoisotopic (exact) mass is 251 g/mol. The molecule has 2 rings (SSSR count). The minimum absolute atomic E-state index is 0.190. The number of benzene rings is 1. The van der Waals surface area contributed by atoms with E-state index in [0.29, 0.717) is 0 Å². The Morgan fingerprint density at radius 3 is 1.78 bits per heavy atom. The molecular formula is C12H13NO5. The first-order valence-electron chi connectivity index (χ1n) is 5.34. The molecule has 6 heteroatoms. The third kappa shape index (κ3) is 3.89. The van der Waals surface area contributed by atoms with Gasteiger partial charge in [0.15, 0.2) is 0 Å². The molecule has 1 aromatic carbocycles. The molecule has 0 aromatic heterocycles. The summed E-state index contributed by atoms with van der Waals surface area (Å²) >= 11 is 0. The maximum Gasteiger partial charge on any atom is 0.336 e. The van der Waals surface area contributed by atoms with Gasteiger partial charge in [-0.2, -0.15) is 0 Å². The van der Waals surface area contributed by atoms with E-state index < -0.39 is 11.9 Å². The van der Waals surface area contributed by atoms with Crippen molar-refractivity contribution in [3.8, 4) is 0 Å². The molecular weight excluding hydrogens is 238 g/mol. The molecule has 1 aliphatic heterocycles. The molecule has 1 aromatic rings. The van der Waals surface area contributed by atoms with Crippen LogP contribution < -0.4 is 5.32 Å². The summed E-state index contributed by atoms with van der Waals surface area (Å²) in [5.41, 5.74) is -0.380. The van der Waals surface area contributed by atoms with Crippen molar-refractivity contribution < 1.29 is 24.6 Å². The van der Waals surface area contributed by atoms with Gasteiger partial charge >= 0.3 is 11.9 Å². The number of amides is 1. The number of carboxylic acids is 2. The van der Waals surface area contributed by atoms with Gasteiger partial charge in [-0.15, -0.1) is 0 Å². The largest absolute Gasteiger partial charge is 0.478 e. The van der Waals surface area contributed by atoms with Crippen LogP contribution in [-0.2, 0) is 4.79 Å².